The number of piperidine rings is 1. The summed E-state index contributed by atoms with van der Waals surface area (Å²) in [5, 5.41) is 9.89. The van der Waals surface area contributed by atoms with Crippen LogP contribution < -0.4 is 5.56 Å². The molecule has 6 heteroatoms. The molecule has 3 rings (SSSR count). The maximum absolute atomic E-state index is 12.5. The first-order valence-electron chi connectivity index (χ1n) is 7.01. The van der Waals surface area contributed by atoms with Crippen LogP contribution in [0.5, 0.6) is 0 Å². The molecule has 2 atom stereocenters. The minimum atomic E-state index is -0.543. The SMILES string of the molecule is CC1CCN(C(=O)c2cnc3ccccn3c2=O)CC1O. The zero-order valence-corrected chi connectivity index (χ0v) is 11.8. The van der Waals surface area contributed by atoms with Gasteiger partial charge in [0.05, 0.1) is 6.10 Å². The van der Waals surface area contributed by atoms with E-state index < -0.39 is 6.10 Å². The zero-order chi connectivity index (χ0) is 15.0. The highest BCUT2D eigenvalue weighted by Gasteiger charge is 2.29. The molecule has 1 aliphatic rings. The molecule has 0 radical (unpaired) electrons. The van der Waals surface area contributed by atoms with Crippen molar-refractivity contribution in [1.82, 2.24) is 14.3 Å². The van der Waals surface area contributed by atoms with Crippen LogP contribution in [-0.2, 0) is 0 Å². The third-order valence-electron chi connectivity index (χ3n) is 4.05. The predicted molar refractivity (Wildman–Crippen MR) is 77.2 cm³/mol. The molecule has 1 fully saturated rings. The number of rotatable bonds is 1. The van der Waals surface area contributed by atoms with Crippen molar-refractivity contribution in [2.24, 2.45) is 5.92 Å². The number of amides is 1. The van der Waals surface area contributed by atoms with Crippen molar-refractivity contribution in [3.05, 3.63) is 46.5 Å². The van der Waals surface area contributed by atoms with Gasteiger partial charge in [0.25, 0.3) is 11.5 Å². The van der Waals surface area contributed by atoms with Crippen LogP contribution in [0.2, 0.25) is 0 Å². The third kappa shape index (κ3) is 2.42. The van der Waals surface area contributed by atoms with Crippen LogP contribution in [0.4, 0.5) is 0 Å². The molecule has 0 aliphatic carbocycles. The van der Waals surface area contributed by atoms with E-state index in [1.54, 1.807) is 24.4 Å². The topological polar surface area (TPSA) is 74.9 Å². The lowest BCUT2D eigenvalue weighted by Gasteiger charge is -2.34. The summed E-state index contributed by atoms with van der Waals surface area (Å²) in [5.41, 5.74) is 0.172. The number of pyridine rings is 1. The molecular formula is C15H17N3O3. The average Bonchev–Trinajstić information content (AvgIpc) is 2.50. The quantitative estimate of drug-likeness (QED) is 0.830. The van der Waals surface area contributed by atoms with Gasteiger partial charge in [-0.2, -0.15) is 0 Å². The molecule has 0 saturated carbocycles. The number of β-amino-alcohol motifs (C(OH)–C–C–N with tert-alkyl or cyclic N) is 1. The molecule has 2 unspecified atom stereocenters. The van der Waals surface area contributed by atoms with Crippen molar-refractivity contribution < 1.29 is 9.90 Å². The van der Waals surface area contributed by atoms with Gasteiger partial charge in [-0.3, -0.25) is 14.0 Å². The van der Waals surface area contributed by atoms with Gasteiger partial charge in [0.2, 0.25) is 0 Å². The lowest BCUT2D eigenvalue weighted by molar-refractivity contribution is 0.0247. The Kier molecular flexibility index (Phi) is 3.47. The van der Waals surface area contributed by atoms with Gasteiger partial charge in [-0.05, 0) is 24.5 Å². The fraction of sp³-hybridized carbons (Fsp3) is 0.400. The number of fused-ring (bicyclic) bond motifs is 1. The molecule has 0 spiro atoms. The number of likely N-dealkylation sites (tertiary alicyclic amines) is 1. The Morgan fingerprint density at radius 2 is 2.24 bits per heavy atom. The summed E-state index contributed by atoms with van der Waals surface area (Å²) in [7, 11) is 0. The van der Waals surface area contributed by atoms with E-state index >= 15 is 0 Å². The van der Waals surface area contributed by atoms with Crippen molar-refractivity contribution in [3.8, 4) is 0 Å². The van der Waals surface area contributed by atoms with Gasteiger partial charge < -0.3 is 10.0 Å². The van der Waals surface area contributed by atoms with Gasteiger partial charge in [-0.25, -0.2) is 4.98 Å². The van der Waals surface area contributed by atoms with E-state index in [-0.39, 0.29) is 29.5 Å². The van der Waals surface area contributed by atoms with Crippen molar-refractivity contribution >= 4 is 11.6 Å². The molecule has 2 aromatic heterocycles. The maximum Gasteiger partial charge on any atom is 0.270 e. The Hall–Kier alpha value is -2.21. The van der Waals surface area contributed by atoms with Crippen LogP contribution in [0.25, 0.3) is 5.65 Å². The van der Waals surface area contributed by atoms with Crippen LogP contribution >= 0.6 is 0 Å². The van der Waals surface area contributed by atoms with Crippen LogP contribution in [0, 0.1) is 5.92 Å². The minimum absolute atomic E-state index is 0.0421. The smallest absolute Gasteiger partial charge is 0.270 e. The number of aromatic nitrogens is 2. The summed E-state index contributed by atoms with van der Waals surface area (Å²) in [6.07, 6.45) is 3.10. The fourth-order valence-electron chi connectivity index (χ4n) is 2.58. The third-order valence-corrected chi connectivity index (χ3v) is 4.05. The van der Waals surface area contributed by atoms with E-state index in [1.165, 1.54) is 15.5 Å². The molecule has 1 N–H and O–H groups in total. The zero-order valence-electron chi connectivity index (χ0n) is 11.8. The van der Waals surface area contributed by atoms with E-state index in [0.717, 1.165) is 6.42 Å². The minimum Gasteiger partial charge on any atom is -0.391 e. The second-order valence-corrected chi connectivity index (χ2v) is 5.49. The van der Waals surface area contributed by atoms with Crippen LogP contribution in [0.3, 0.4) is 0 Å². The lowest BCUT2D eigenvalue weighted by atomic mass is 9.96. The highest BCUT2D eigenvalue weighted by atomic mass is 16.3. The molecule has 1 aliphatic heterocycles. The van der Waals surface area contributed by atoms with Crippen molar-refractivity contribution in [2.75, 3.05) is 13.1 Å². The Morgan fingerprint density at radius 1 is 1.43 bits per heavy atom. The second kappa shape index (κ2) is 5.29. The van der Waals surface area contributed by atoms with Crippen LogP contribution in [0.15, 0.2) is 35.4 Å². The molecule has 6 nitrogen and oxygen atoms in total. The molecule has 0 aromatic carbocycles. The molecule has 110 valence electrons. The Labute approximate surface area is 121 Å². The van der Waals surface area contributed by atoms with Gasteiger partial charge in [0.1, 0.15) is 11.2 Å². The number of carbonyl (C=O) groups excluding carboxylic acids is 1. The first-order valence-corrected chi connectivity index (χ1v) is 7.01. The number of carbonyl (C=O) groups is 1. The van der Waals surface area contributed by atoms with Gasteiger partial charge in [-0.1, -0.05) is 13.0 Å². The molecular weight excluding hydrogens is 270 g/mol. The van der Waals surface area contributed by atoms with Gasteiger partial charge in [0.15, 0.2) is 0 Å². The maximum atomic E-state index is 12.5. The highest BCUT2D eigenvalue weighted by Crippen LogP contribution is 2.18. The summed E-state index contributed by atoms with van der Waals surface area (Å²) in [6, 6.07) is 5.21. The number of aliphatic hydroxyl groups is 1. The van der Waals surface area contributed by atoms with E-state index in [4.69, 9.17) is 0 Å². The fourth-order valence-corrected chi connectivity index (χ4v) is 2.58. The van der Waals surface area contributed by atoms with E-state index in [2.05, 4.69) is 4.98 Å². The summed E-state index contributed by atoms with van der Waals surface area (Å²) in [5.74, 6) is -0.193. The van der Waals surface area contributed by atoms with Gasteiger partial charge in [0, 0.05) is 25.5 Å². The summed E-state index contributed by atoms with van der Waals surface area (Å²) >= 11 is 0. The molecule has 0 bridgehead atoms. The summed E-state index contributed by atoms with van der Waals surface area (Å²) in [4.78, 5) is 30.5. The number of hydrogen-bond donors (Lipinski definition) is 1. The number of hydrogen-bond acceptors (Lipinski definition) is 4. The predicted octanol–water partition coefficient (Wildman–Crippen LogP) is 0.537. The monoisotopic (exact) mass is 287 g/mol. The Morgan fingerprint density at radius 3 is 3.00 bits per heavy atom. The number of nitrogens with zero attached hydrogens (tertiary/aromatic N) is 3. The average molecular weight is 287 g/mol. The number of aliphatic hydroxyl groups excluding tert-OH is 1. The highest BCUT2D eigenvalue weighted by molar-refractivity contribution is 5.93. The van der Waals surface area contributed by atoms with Crippen molar-refractivity contribution in [2.45, 2.75) is 19.4 Å². The first-order chi connectivity index (χ1) is 10.1. The van der Waals surface area contributed by atoms with Crippen LogP contribution in [0.1, 0.15) is 23.7 Å². The normalized spacial score (nSPS) is 22.5. The van der Waals surface area contributed by atoms with E-state index in [9.17, 15) is 14.7 Å². The van der Waals surface area contributed by atoms with Gasteiger partial charge in [-0.15, -0.1) is 0 Å². The second-order valence-electron chi connectivity index (χ2n) is 5.49. The van der Waals surface area contributed by atoms with Gasteiger partial charge >= 0.3 is 0 Å². The molecule has 21 heavy (non-hydrogen) atoms. The van der Waals surface area contributed by atoms with Crippen molar-refractivity contribution in [1.29, 1.82) is 0 Å². The standard InChI is InChI=1S/C15H17N3O3/c1-10-5-7-17(9-12(10)19)14(20)11-8-16-13-4-2-3-6-18(13)15(11)21/h2-4,6,8,10,12,19H,5,7,9H2,1H3. The largest absolute Gasteiger partial charge is 0.391 e. The lowest BCUT2D eigenvalue weighted by Crippen LogP contribution is -2.47. The van der Waals surface area contributed by atoms with E-state index in [1.807, 2.05) is 6.92 Å². The van der Waals surface area contributed by atoms with E-state index in [0.29, 0.717) is 12.2 Å². The molecule has 2 aromatic rings. The Balaban J connectivity index is 1.95. The molecule has 1 saturated heterocycles. The molecule has 1 amide bonds. The summed E-state index contributed by atoms with van der Waals surface area (Å²) in [6.45, 7) is 2.77. The first kappa shape index (κ1) is 13.8. The van der Waals surface area contributed by atoms with Crippen LogP contribution in [-0.4, -0.2) is 44.5 Å². The molecule has 3 heterocycles. The Bertz CT molecular complexity index is 740. The van der Waals surface area contributed by atoms with Crippen molar-refractivity contribution in [3.63, 3.8) is 0 Å². The summed E-state index contributed by atoms with van der Waals surface area (Å²) < 4.78 is 1.36.